The minimum Gasteiger partial charge on any atom is -0.478 e. The second-order valence-electron chi connectivity index (χ2n) is 2.86. The van der Waals surface area contributed by atoms with E-state index in [-0.39, 0.29) is 0 Å². The van der Waals surface area contributed by atoms with Gasteiger partial charge in [-0.05, 0) is 12.0 Å². The molecule has 1 aromatic carbocycles. The molecule has 1 aromatic rings. The molecule has 0 saturated heterocycles. The van der Waals surface area contributed by atoms with Gasteiger partial charge in [0.1, 0.15) is 0 Å². The van der Waals surface area contributed by atoms with Gasteiger partial charge in [0.05, 0.1) is 0 Å². The summed E-state index contributed by atoms with van der Waals surface area (Å²) in [6.45, 7) is 0.744. The van der Waals surface area contributed by atoms with Crippen LogP contribution in [0, 0.1) is 0 Å². The Labute approximate surface area is 83.1 Å². The molecule has 74 valence electrons. The molecule has 0 fully saturated rings. The summed E-state index contributed by atoms with van der Waals surface area (Å²) in [5.41, 5.74) is 1.24. The zero-order valence-electron chi connectivity index (χ0n) is 7.81. The van der Waals surface area contributed by atoms with Gasteiger partial charge < -0.3 is 10.4 Å². The van der Waals surface area contributed by atoms with Crippen LogP contribution in [0.4, 0.5) is 0 Å². The van der Waals surface area contributed by atoms with Crippen LogP contribution in [0.5, 0.6) is 0 Å². The van der Waals surface area contributed by atoms with E-state index in [1.807, 2.05) is 30.3 Å². The highest BCUT2D eigenvalue weighted by molar-refractivity contribution is 5.79. The van der Waals surface area contributed by atoms with Crippen LogP contribution in [0.3, 0.4) is 0 Å². The molecule has 0 radical (unpaired) electrons. The van der Waals surface area contributed by atoms with Crippen molar-refractivity contribution in [1.29, 1.82) is 0 Å². The number of aliphatic carboxylic acids is 1. The van der Waals surface area contributed by atoms with Gasteiger partial charge in [0.2, 0.25) is 0 Å². The van der Waals surface area contributed by atoms with E-state index < -0.39 is 5.97 Å². The lowest BCUT2D eigenvalue weighted by atomic mass is 10.1. The van der Waals surface area contributed by atoms with Gasteiger partial charge in [0.25, 0.3) is 0 Å². The molecule has 0 bridgehead atoms. The van der Waals surface area contributed by atoms with Gasteiger partial charge in [-0.15, -0.1) is 0 Å². The zero-order chi connectivity index (χ0) is 10.2. The summed E-state index contributed by atoms with van der Waals surface area (Å²) in [4.78, 5) is 10.1. The minimum absolute atomic E-state index is 0.744. The number of carboxylic acids is 1. The first-order chi connectivity index (χ1) is 6.79. The lowest BCUT2D eigenvalue weighted by molar-refractivity contribution is -0.131. The Kier molecular flexibility index (Phi) is 4.27. The molecule has 0 unspecified atom stereocenters. The fourth-order valence-corrected chi connectivity index (χ4v) is 1.07. The number of carbonyl (C=O) groups is 1. The molecule has 0 aromatic heterocycles. The molecule has 0 aliphatic carbocycles. The van der Waals surface area contributed by atoms with Crippen LogP contribution in [0.2, 0.25) is 0 Å². The number of rotatable bonds is 5. The van der Waals surface area contributed by atoms with Crippen LogP contribution in [-0.2, 0) is 11.2 Å². The number of hydrogen-bond donors (Lipinski definition) is 2. The van der Waals surface area contributed by atoms with Crippen LogP contribution in [-0.4, -0.2) is 17.6 Å². The van der Waals surface area contributed by atoms with Crippen molar-refractivity contribution in [1.82, 2.24) is 5.32 Å². The van der Waals surface area contributed by atoms with Gasteiger partial charge in [-0.1, -0.05) is 30.3 Å². The van der Waals surface area contributed by atoms with Gasteiger partial charge in [0, 0.05) is 18.8 Å². The highest BCUT2D eigenvalue weighted by Crippen LogP contribution is 1.97. The molecule has 0 heterocycles. The summed E-state index contributed by atoms with van der Waals surface area (Å²) in [7, 11) is 0. The van der Waals surface area contributed by atoms with Crippen molar-refractivity contribution in [3.05, 3.63) is 48.2 Å². The van der Waals surface area contributed by atoms with Gasteiger partial charge in [-0.3, -0.25) is 0 Å². The zero-order valence-corrected chi connectivity index (χ0v) is 7.81. The molecule has 0 saturated carbocycles. The monoisotopic (exact) mass is 191 g/mol. The first-order valence-electron chi connectivity index (χ1n) is 4.46. The van der Waals surface area contributed by atoms with Gasteiger partial charge >= 0.3 is 5.97 Å². The summed E-state index contributed by atoms with van der Waals surface area (Å²) in [6.07, 6.45) is 3.43. The van der Waals surface area contributed by atoms with Gasteiger partial charge in [0.15, 0.2) is 0 Å². The smallest absolute Gasteiger partial charge is 0.329 e. The van der Waals surface area contributed by atoms with Crippen molar-refractivity contribution in [3.63, 3.8) is 0 Å². The average Bonchev–Trinajstić information content (AvgIpc) is 2.18. The third-order valence-electron chi connectivity index (χ3n) is 1.74. The van der Waals surface area contributed by atoms with Crippen molar-refractivity contribution in [3.8, 4) is 0 Å². The van der Waals surface area contributed by atoms with Crippen molar-refractivity contribution in [2.75, 3.05) is 6.54 Å². The van der Waals surface area contributed by atoms with Crippen LogP contribution in [0.1, 0.15) is 5.56 Å². The largest absolute Gasteiger partial charge is 0.478 e. The van der Waals surface area contributed by atoms with E-state index in [0.29, 0.717) is 0 Å². The van der Waals surface area contributed by atoms with E-state index in [2.05, 4.69) is 5.32 Å². The van der Waals surface area contributed by atoms with Crippen molar-refractivity contribution in [2.24, 2.45) is 0 Å². The first kappa shape index (κ1) is 10.3. The first-order valence-corrected chi connectivity index (χ1v) is 4.46. The summed E-state index contributed by atoms with van der Waals surface area (Å²) >= 11 is 0. The number of benzene rings is 1. The Hall–Kier alpha value is -1.77. The van der Waals surface area contributed by atoms with E-state index in [9.17, 15) is 4.79 Å². The molecule has 14 heavy (non-hydrogen) atoms. The highest BCUT2D eigenvalue weighted by Gasteiger charge is 1.89. The fourth-order valence-electron chi connectivity index (χ4n) is 1.07. The number of nitrogens with one attached hydrogen (secondary N) is 1. The van der Waals surface area contributed by atoms with Crippen molar-refractivity contribution < 1.29 is 9.90 Å². The summed E-state index contributed by atoms with van der Waals surface area (Å²) < 4.78 is 0. The lowest BCUT2D eigenvalue weighted by Gasteiger charge is -2.00. The molecule has 0 atom stereocenters. The maximum atomic E-state index is 10.1. The minimum atomic E-state index is -0.933. The third-order valence-corrected chi connectivity index (χ3v) is 1.74. The second kappa shape index (κ2) is 5.80. The van der Waals surface area contributed by atoms with E-state index in [4.69, 9.17) is 5.11 Å². The van der Waals surface area contributed by atoms with E-state index in [1.165, 1.54) is 11.8 Å². The van der Waals surface area contributed by atoms with Crippen LogP contribution >= 0.6 is 0 Å². The molecule has 3 heteroatoms. The SMILES string of the molecule is O=C(O)C=CNCCc1ccccc1. The Morgan fingerprint density at radius 3 is 2.71 bits per heavy atom. The van der Waals surface area contributed by atoms with E-state index in [0.717, 1.165) is 19.0 Å². The van der Waals surface area contributed by atoms with Crippen LogP contribution in [0.15, 0.2) is 42.6 Å². The lowest BCUT2D eigenvalue weighted by Crippen LogP contribution is -2.10. The topological polar surface area (TPSA) is 49.3 Å². The Bertz CT molecular complexity index is 306. The molecular weight excluding hydrogens is 178 g/mol. The number of hydrogen-bond acceptors (Lipinski definition) is 2. The molecule has 3 nitrogen and oxygen atoms in total. The summed E-state index contributed by atoms with van der Waals surface area (Å²) in [5, 5.41) is 11.2. The standard InChI is InChI=1S/C11H13NO2/c13-11(14)7-9-12-8-6-10-4-2-1-3-5-10/h1-5,7,9,12H,6,8H2,(H,13,14). The molecule has 1 rings (SSSR count). The molecule has 0 aliphatic heterocycles. The second-order valence-corrected chi connectivity index (χ2v) is 2.86. The molecule has 0 aliphatic rings. The molecule has 0 spiro atoms. The molecular formula is C11H13NO2. The van der Waals surface area contributed by atoms with Crippen molar-refractivity contribution >= 4 is 5.97 Å². The van der Waals surface area contributed by atoms with Crippen molar-refractivity contribution in [2.45, 2.75) is 6.42 Å². The fraction of sp³-hybridized carbons (Fsp3) is 0.182. The van der Waals surface area contributed by atoms with Crippen LogP contribution in [0.25, 0.3) is 0 Å². The third kappa shape index (κ3) is 4.30. The highest BCUT2D eigenvalue weighted by atomic mass is 16.4. The Morgan fingerprint density at radius 1 is 1.36 bits per heavy atom. The normalized spacial score (nSPS) is 10.3. The van der Waals surface area contributed by atoms with Gasteiger partial charge in [-0.2, -0.15) is 0 Å². The maximum Gasteiger partial charge on any atom is 0.329 e. The van der Waals surface area contributed by atoms with Crippen LogP contribution < -0.4 is 5.32 Å². The summed E-state index contributed by atoms with van der Waals surface area (Å²) in [5.74, 6) is -0.933. The van der Waals surface area contributed by atoms with E-state index in [1.54, 1.807) is 0 Å². The van der Waals surface area contributed by atoms with E-state index >= 15 is 0 Å². The quantitative estimate of drug-likeness (QED) is 0.546. The maximum absolute atomic E-state index is 10.1. The molecule has 2 N–H and O–H groups in total. The van der Waals surface area contributed by atoms with Gasteiger partial charge in [-0.25, -0.2) is 4.79 Å². The Balaban J connectivity index is 2.19. The molecule has 0 amide bonds. The summed E-state index contributed by atoms with van der Waals surface area (Å²) in [6, 6.07) is 10.0. The number of carboxylic acid groups (broad SMARTS) is 1. The predicted octanol–water partition coefficient (Wildman–Crippen LogP) is 1.42. The predicted molar refractivity (Wildman–Crippen MR) is 54.9 cm³/mol. The Morgan fingerprint density at radius 2 is 2.07 bits per heavy atom. The average molecular weight is 191 g/mol.